The summed E-state index contributed by atoms with van der Waals surface area (Å²) in [4.78, 5) is 20.8. The van der Waals surface area contributed by atoms with Gasteiger partial charge in [0.2, 0.25) is 5.96 Å². The van der Waals surface area contributed by atoms with E-state index in [2.05, 4.69) is 49.7 Å². The number of aromatic amines is 1. The fraction of sp³-hybridized carbons (Fsp3) is 0.154. The molecule has 1 heterocycles. The minimum atomic E-state index is -0.208. The highest BCUT2D eigenvalue weighted by atomic mass is 79.9. The van der Waals surface area contributed by atoms with Crippen molar-refractivity contribution in [3.63, 3.8) is 0 Å². The second-order valence-electron chi connectivity index (χ2n) is 7.80. The van der Waals surface area contributed by atoms with E-state index in [1.807, 2.05) is 56.4 Å². The van der Waals surface area contributed by atoms with Crippen LogP contribution in [0.3, 0.4) is 0 Å². The molecule has 0 bridgehead atoms. The standard InChI is InChI=1S/C26H25BrN4O/c1-17-13-18(2)15-22(14-17)30-26(31-25(32)19-7-9-21(27)10-8-19)28-12-11-20-16-29-24-6-4-3-5-23(20)24/h3-10,13-16,29H,11-12H2,1-2H3,(H2,28,30,31,32). The van der Waals surface area contributed by atoms with E-state index in [1.54, 1.807) is 12.1 Å². The zero-order chi connectivity index (χ0) is 22.5. The number of hydrogen-bond acceptors (Lipinski definition) is 2. The average Bonchev–Trinajstić information content (AvgIpc) is 3.16. The largest absolute Gasteiger partial charge is 0.361 e. The van der Waals surface area contributed by atoms with Gasteiger partial charge in [-0.2, -0.15) is 0 Å². The van der Waals surface area contributed by atoms with Crippen LogP contribution in [0.1, 0.15) is 27.0 Å². The molecule has 0 aliphatic heterocycles. The van der Waals surface area contributed by atoms with Crippen molar-refractivity contribution in [2.75, 3.05) is 11.9 Å². The molecular weight excluding hydrogens is 464 g/mol. The van der Waals surface area contributed by atoms with Gasteiger partial charge in [-0.25, -0.2) is 0 Å². The van der Waals surface area contributed by atoms with Crippen molar-refractivity contribution >= 4 is 44.4 Å². The summed E-state index contributed by atoms with van der Waals surface area (Å²) in [6, 6.07) is 21.7. The number of carbonyl (C=O) groups is 1. The number of guanidine groups is 1. The number of nitrogens with zero attached hydrogens (tertiary/aromatic N) is 1. The van der Waals surface area contributed by atoms with Crippen LogP contribution in [0.2, 0.25) is 0 Å². The van der Waals surface area contributed by atoms with Crippen molar-refractivity contribution in [1.82, 2.24) is 10.3 Å². The van der Waals surface area contributed by atoms with Gasteiger partial charge >= 0.3 is 0 Å². The highest BCUT2D eigenvalue weighted by Gasteiger charge is 2.10. The van der Waals surface area contributed by atoms with Gasteiger partial charge in [0.1, 0.15) is 0 Å². The molecule has 3 N–H and O–H groups in total. The first-order valence-electron chi connectivity index (χ1n) is 10.5. The number of aliphatic imine (C=N–C) groups is 1. The highest BCUT2D eigenvalue weighted by molar-refractivity contribution is 9.10. The van der Waals surface area contributed by atoms with Crippen LogP contribution in [0.4, 0.5) is 5.69 Å². The topological polar surface area (TPSA) is 69.3 Å². The van der Waals surface area contributed by atoms with E-state index in [1.165, 1.54) is 10.9 Å². The first-order chi connectivity index (χ1) is 15.5. The van der Waals surface area contributed by atoms with Crippen molar-refractivity contribution in [1.29, 1.82) is 0 Å². The molecule has 4 rings (SSSR count). The Morgan fingerprint density at radius 3 is 2.47 bits per heavy atom. The van der Waals surface area contributed by atoms with Crippen molar-refractivity contribution < 1.29 is 4.79 Å². The summed E-state index contributed by atoms with van der Waals surface area (Å²) in [6.45, 7) is 4.63. The summed E-state index contributed by atoms with van der Waals surface area (Å²) in [5.74, 6) is 0.225. The molecule has 0 aliphatic carbocycles. The average molecular weight is 489 g/mol. The van der Waals surface area contributed by atoms with E-state index in [4.69, 9.17) is 4.99 Å². The fourth-order valence-corrected chi connectivity index (χ4v) is 3.97. The Hall–Kier alpha value is -3.38. The molecule has 32 heavy (non-hydrogen) atoms. The molecule has 0 saturated carbocycles. The second kappa shape index (κ2) is 9.83. The minimum absolute atomic E-state index is 0.208. The molecule has 5 nitrogen and oxygen atoms in total. The maximum Gasteiger partial charge on any atom is 0.257 e. The molecule has 0 atom stereocenters. The lowest BCUT2D eigenvalue weighted by molar-refractivity contribution is 0.0977. The number of carbonyl (C=O) groups excluding carboxylic acids is 1. The molecule has 0 aliphatic rings. The van der Waals surface area contributed by atoms with Gasteiger partial charge in [0.15, 0.2) is 0 Å². The van der Waals surface area contributed by atoms with Crippen LogP contribution in [-0.2, 0) is 6.42 Å². The number of fused-ring (bicyclic) bond motifs is 1. The summed E-state index contributed by atoms with van der Waals surface area (Å²) in [5.41, 5.74) is 6.07. The fourth-order valence-electron chi connectivity index (χ4n) is 3.70. The number of para-hydroxylation sites is 1. The van der Waals surface area contributed by atoms with Crippen LogP contribution >= 0.6 is 15.9 Å². The van der Waals surface area contributed by atoms with Crippen LogP contribution in [-0.4, -0.2) is 23.4 Å². The number of halogens is 1. The molecule has 0 radical (unpaired) electrons. The zero-order valence-electron chi connectivity index (χ0n) is 18.1. The lowest BCUT2D eigenvalue weighted by Crippen LogP contribution is -2.36. The highest BCUT2D eigenvalue weighted by Crippen LogP contribution is 2.18. The third kappa shape index (κ3) is 5.45. The van der Waals surface area contributed by atoms with E-state index >= 15 is 0 Å². The summed E-state index contributed by atoms with van der Waals surface area (Å²) in [5, 5.41) is 7.42. The van der Waals surface area contributed by atoms with Crippen molar-refractivity contribution in [3.8, 4) is 0 Å². The Balaban J connectivity index is 1.54. The number of anilines is 1. The van der Waals surface area contributed by atoms with Crippen molar-refractivity contribution in [3.05, 3.63) is 99.7 Å². The van der Waals surface area contributed by atoms with Gasteiger partial charge in [0.05, 0.1) is 0 Å². The smallest absolute Gasteiger partial charge is 0.257 e. The molecule has 0 unspecified atom stereocenters. The third-order valence-corrected chi connectivity index (χ3v) is 5.68. The molecule has 3 aromatic carbocycles. The molecular formula is C26H25BrN4O. The van der Waals surface area contributed by atoms with Gasteiger partial charge in [-0.1, -0.05) is 40.2 Å². The van der Waals surface area contributed by atoms with Crippen LogP contribution in [0.5, 0.6) is 0 Å². The van der Waals surface area contributed by atoms with E-state index in [9.17, 15) is 4.79 Å². The Morgan fingerprint density at radius 1 is 1.00 bits per heavy atom. The maximum atomic E-state index is 12.8. The number of aromatic nitrogens is 1. The maximum absolute atomic E-state index is 12.8. The SMILES string of the molecule is Cc1cc(C)cc(NC(=NCCc2c[nH]c3ccccc23)NC(=O)c2ccc(Br)cc2)c1. The Kier molecular flexibility index (Phi) is 6.71. The summed E-state index contributed by atoms with van der Waals surface area (Å²) in [7, 11) is 0. The predicted octanol–water partition coefficient (Wildman–Crippen LogP) is 5.99. The number of benzene rings is 3. The Morgan fingerprint density at radius 2 is 1.72 bits per heavy atom. The Bertz CT molecular complexity index is 1250. The Labute approximate surface area is 196 Å². The lowest BCUT2D eigenvalue weighted by Gasteiger charge is -2.13. The molecule has 1 aromatic heterocycles. The van der Waals surface area contributed by atoms with Gasteiger partial charge < -0.3 is 10.3 Å². The van der Waals surface area contributed by atoms with E-state index in [0.717, 1.165) is 33.2 Å². The van der Waals surface area contributed by atoms with Crippen LogP contribution in [0.15, 0.2) is 82.4 Å². The van der Waals surface area contributed by atoms with Crippen LogP contribution in [0.25, 0.3) is 10.9 Å². The molecule has 1 amide bonds. The first kappa shape index (κ1) is 21.8. The first-order valence-corrected chi connectivity index (χ1v) is 11.3. The van der Waals surface area contributed by atoms with Crippen LogP contribution < -0.4 is 10.6 Å². The number of aryl methyl sites for hydroxylation is 2. The minimum Gasteiger partial charge on any atom is -0.361 e. The van der Waals surface area contributed by atoms with E-state index < -0.39 is 0 Å². The predicted molar refractivity (Wildman–Crippen MR) is 135 cm³/mol. The molecule has 0 spiro atoms. The number of amides is 1. The molecule has 0 fully saturated rings. The third-order valence-electron chi connectivity index (χ3n) is 5.15. The van der Waals surface area contributed by atoms with Gasteiger partial charge in [0, 0.05) is 39.4 Å². The monoisotopic (exact) mass is 488 g/mol. The van der Waals surface area contributed by atoms with Crippen molar-refractivity contribution in [2.45, 2.75) is 20.3 Å². The normalized spacial score (nSPS) is 11.5. The van der Waals surface area contributed by atoms with Gasteiger partial charge in [-0.15, -0.1) is 0 Å². The van der Waals surface area contributed by atoms with Gasteiger partial charge in [-0.05, 0) is 79.4 Å². The zero-order valence-corrected chi connectivity index (χ0v) is 19.7. The molecule has 6 heteroatoms. The number of nitrogens with one attached hydrogen (secondary N) is 3. The quantitative estimate of drug-likeness (QED) is 0.238. The van der Waals surface area contributed by atoms with Gasteiger partial charge in [0.25, 0.3) is 5.91 Å². The van der Waals surface area contributed by atoms with Gasteiger partial charge in [-0.3, -0.25) is 15.1 Å². The summed E-state index contributed by atoms with van der Waals surface area (Å²) in [6.07, 6.45) is 2.79. The molecule has 0 saturated heterocycles. The molecule has 162 valence electrons. The molecule has 4 aromatic rings. The summed E-state index contributed by atoms with van der Waals surface area (Å²) >= 11 is 3.40. The van der Waals surface area contributed by atoms with Crippen molar-refractivity contribution in [2.24, 2.45) is 4.99 Å². The second-order valence-corrected chi connectivity index (χ2v) is 8.72. The van der Waals surface area contributed by atoms with E-state index in [-0.39, 0.29) is 5.91 Å². The summed E-state index contributed by atoms with van der Waals surface area (Å²) < 4.78 is 0.926. The number of hydrogen-bond donors (Lipinski definition) is 3. The lowest BCUT2D eigenvalue weighted by atomic mass is 10.1. The van der Waals surface area contributed by atoms with E-state index in [0.29, 0.717) is 18.1 Å². The van der Waals surface area contributed by atoms with Crippen LogP contribution in [0, 0.1) is 13.8 Å². The number of rotatable bonds is 5. The number of H-pyrrole nitrogens is 1.